The summed E-state index contributed by atoms with van der Waals surface area (Å²) in [5, 5.41) is 10.7. The van der Waals surface area contributed by atoms with Crippen LogP contribution in [0.1, 0.15) is 20.1 Å². The Balaban J connectivity index is 2.38. The highest BCUT2D eigenvalue weighted by Gasteiger charge is 2.58. The van der Waals surface area contributed by atoms with Crippen molar-refractivity contribution in [2.75, 3.05) is 6.61 Å². The predicted octanol–water partition coefficient (Wildman–Crippen LogP) is -0.988. The molecule has 2 rings (SSSR count). The van der Waals surface area contributed by atoms with E-state index in [1.54, 1.807) is 0 Å². The van der Waals surface area contributed by atoms with Gasteiger partial charge in [-0.15, -0.1) is 0 Å². The molecule has 1 aliphatic rings. The highest BCUT2D eigenvalue weighted by molar-refractivity contribution is 9.10. The second-order valence-electron chi connectivity index (χ2n) is 5.10. The lowest BCUT2D eigenvalue weighted by molar-refractivity contribution is -0.158. The fraction of sp³-hybridized carbons (Fsp3) is 0.538. The number of nitrogens with zero attached hydrogens (tertiary/aromatic N) is 1. The molecule has 0 bridgehead atoms. The number of nitrogens with one attached hydrogen (secondary N) is 1. The van der Waals surface area contributed by atoms with Crippen molar-refractivity contribution in [3.63, 3.8) is 0 Å². The van der Waals surface area contributed by atoms with Crippen molar-refractivity contribution in [2.24, 2.45) is 0 Å². The van der Waals surface area contributed by atoms with Gasteiger partial charge >= 0.3 is 17.6 Å². The maximum absolute atomic E-state index is 11.9. The van der Waals surface area contributed by atoms with Crippen molar-refractivity contribution in [1.82, 2.24) is 9.55 Å². The average Bonchev–Trinajstić information content (AvgIpc) is 2.68. The van der Waals surface area contributed by atoms with Crippen molar-refractivity contribution in [3.05, 3.63) is 33.1 Å². The standard InChI is InChI=1S/C13H15BrN2O8/c1-6(17)22-5-8-10(23-7(2)18)13(14,21)11(24-8)16-4-3-9(19)15-12(16)20/h3-4,8,10-11,21H,5H2,1-2H3,(H,15,19,20)/t8-,10-,11-,13-/m1/s1. The van der Waals surface area contributed by atoms with E-state index >= 15 is 0 Å². The molecule has 2 N–H and O–H groups in total. The molecule has 0 unspecified atom stereocenters. The topological polar surface area (TPSA) is 137 Å². The van der Waals surface area contributed by atoms with Crippen LogP contribution in [-0.2, 0) is 23.8 Å². The van der Waals surface area contributed by atoms with Crippen molar-refractivity contribution in [2.45, 2.75) is 36.8 Å². The zero-order valence-corrected chi connectivity index (χ0v) is 14.3. The first-order valence-electron chi connectivity index (χ1n) is 6.81. The van der Waals surface area contributed by atoms with E-state index in [2.05, 4.69) is 15.9 Å². The Morgan fingerprint density at radius 1 is 1.42 bits per heavy atom. The second kappa shape index (κ2) is 6.87. The van der Waals surface area contributed by atoms with Crippen LogP contribution in [-0.4, -0.2) is 49.9 Å². The van der Waals surface area contributed by atoms with Gasteiger partial charge in [0, 0.05) is 26.1 Å². The zero-order chi connectivity index (χ0) is 18.1. The third-order valence-corrected chi connectivity index (χ3v) is 4.08. The molecule has 10 nitrogen and oxygen atoms in total. The number of H-pyrrole nitrogens is 1. The normalized spacial score (nSPS) is 29.2. The number of aromatic nitrogens is 2. The van der Waals surface area contributed by atoms with E-state index in [9.17, 15) is 24.3 Å². The molecule has 1 fully saturated rings. The minimum Gasteiger partial charge on any atom is -0.463 e. The third-order valence-electron chi connectivity index (χ3n) is 3.23. The van der Waals surface area contributed by atoms with Gasteiger partial charge in [0.15, 0.2) is 12.3 Å². The van der Waals surface area contributed by atoms with Crippen molar-refractivity contribution < 1.29 is 28.9 Å². The molecule has 2 heterocycles. The molecule has 0 aliphatic carbocycles. The molecule has 0 aromatic carbocycles. The Morgan fingerprint density at radius 3 is 2.62 bits per heavy atom. The molecule has 0 spiro atoms. The van der Waals surface area contributed by atoms with Gasteiger partial charge in [0.2, 0.25) is 4.51 Å². The van der Waals surface area contributed by atoms with E-state index in [0.717, 1.165) is 23.8 Å². The summed E-state index contributed by atoms with van der Waals surface area (Å²) >= 11 is 3.00. The third kappa shape index (κ3) is 3.74. The number of aromatic amines is 1. The summed E-state index contributed by atoms with van der Waals surface area (Å²) in [5.74, 6) is -1.30. The highest BCUT2D eigenvalue weighted by atomic mass is 79.9. The van der Waals surface area contributed by atoms with Crippen molar-refractivity contribution in [3.8, 4) is 0 Å². The minimum absolute atomic E-state index is 0.310. The van der Waals surface area contributed by atoms with Gasteiger partial charge in [0.25, 0.3) is 5.56 Å². The first kappa shape index (κ1) is 18.4. The van der Waals surface area contributed by atoms with Crippen LogP contribution in [0.15, 0.2) is 21.9 Å². The van der Waals surface area contributed by atoms with E-state index in [1.807, 2.05) is 4.98 Å². The summed E-state index contributed by atoms with van der Waals surface area (Å²) in [4.78, 5) is 47.4. The van der Waals surface area contributed by atoms with E-state index in [4.69, 9.17) is 14.2 Å². The van der Waals surface area contributed by atoms with Gasteiger partial charge in [0.1, 0.15) is 12.7 Å². The number of hydrogen-bond donors (Lipinski definition) is 2. The van der Waals surface area contributed by atoms with E-state index in [-0.39, 0.29) is 6.61 Å². The maximum Gasteiger partial charge on any atom is 0.330 e. The second-order valence-corrected chi connectivity index (χ2v) is 6.37. The van der Waals surface area contributed by atoms with Crippen LogP contribution < -0.4 is 11.2 Å². The molecule has 4 atom stereocenters. The van der Waals surface area contributed by atoms with Crippen LogP contribution in [0.4, 0.5) is 0 Å². The molecule has 1 saturated heterocycles. The number of halogens is 1. The number of hydrogen-bond acceptors (Lipinski definition) is 8. The summed E-state index contributed by atoms with van der Waals surface area (Å²) < 4.78 is 14.3. The fourth-order valence-electron chi connectivity index (χ4n) is 2.27. The largest absolute Gasteiger partial charge is 0.463 e. The average molecular weight is 407 g/mol. The number of rotatable bonds is 4. The maximum atomic E-state index is 11.9. The number of alkyl halides is 1. The monoisotopic (exact) mass is 406 g/mol. The summed E-state index contributed by atoms with van der Waals surface area (Å²) in [7, 11) is 0. The lowest BCUT2D eigenvalue weighted by Crippen LogP contribution is -2.46. The molecule has 11 heteroatoms. The Bertz CT molecular complexity index is 755. The molecule has 1 aliphatic heterocycles. The minimum atomic E-state index is -1.99. The molecule has 1 aromatic rings. The molecule has 0 amide bonds. The van der Waals surface area contributed by atoms with E-state index in [0.29, 0.717) is 0 Å². The Kier molecular flexibility index (Phi) is 5.26. The molecule has 132 valence electrons. The Hall–Kier alpha value is -1.98. The summed E-state index contributed by atoms with van der Waals surface area (Å²) in [6.07, 6.45) is -2.52. The Labute approximate surface area is 143 Å². The zero-order valence-electron chi connectivity index (χ0n) is 12.7. The lowest BCUT2D eigenvalue weighted by Gasteiger charge is -2.27. The number of ether oxygens (including phenoxy) is 3. The predicted molar refractivity (Wildman–Crippen MR) is 81.3 cm³/mol. The summed E-state index contributed by atoms with van der Waals surface area (Å²) in [6, 6.07) is 1.06. The molecule has 0 saturated carbocycles. The highest BCUT2D eigenvalue weighted by Crippen LogP contribution is 2.44. The van der Waals surface area contributed by atoms with Crippen LogP contribution in [0.25, 0.3) is 0 Å². The SMILES string of the molecule is CC(=O)OC[C@H]1O[C@@H](n2ccc(=O)[nH]c2=O)[C@@](O)(Br)[C@@H]1OC(C)=O. The number of carbonyl (C=O) groups excluding carboxylic acids is 2. The molecular weight excluding hydrogens is 392 g/mol. The van der Waals surface area contributed by atoms with E-state index < -0.39 is 46.1 Å². The number of carbonyl (C=O) groups is 2. The van der Waals surface area contributed by atoms with Gasteiger partial charge in [-0.2, -0.15) is 0 Å². The van der Waals surface area contributed by atoms with Crippen molar-refractivity contribution >= 4 is 27.9 Å². The van der Waals surface area contributed by atoms with E-state index in [1.165, 1.54) is 6.92 Å². The van der Waals surface area contributed by atoms with Crippen LogP contribution in [0.2, 0.25) is 0 Å². The van der Waals surface area contributed by atoms with Crippen LogP contribution in [0.5, 0.6) is 0 Å². The quantitative estimate of drug-likeness (QED) is 0.480. The lowest BCUT2D eigenvalue weighted by atomic mass is 10.1. The fourth-order valence-corrected chi connectivity index (χ4v) is 2.99. The van der Waals surface area contributed by atoms with Gasteiger partial charge in [-0.25, -0.2) is 4.79 Å². The molecule has 24 heavy (non-hydrogen) atoms. The first-order chi connectivity index (χ1) is 11.1. The number of esters is 2. The smallest absolute Gasteiger partial charge is 0.330 e. The van der Waals surface area contributed by atoms with Crippen molar-refractivity contribution in [1.29, 1.82) is 0 Å². The molecular formula is C13H15BrN2O8. The summed E-state index contributed by atoms with van der Waals surface area (Å²) in [6.45, 7) is 2.00. The molecule has 0 radical (unpaired) electrons. The van der Waals surface area contributed by atoms with Gasteiger partial charge < -0.3 is 19.3 Å². The number of aliphatic hydroxyl groups is 1. The van der Waals surface area contributed by atoms with Gasteiger partial charge in [-0.1, -0.05) is 0 Å². The van der Waals surface area contributed by atoms with Crippen LogP contribution >= 0.6 is 15.9 Å². The van der Waals surface area contributed by atoms with Gasteiger partial charge in [-0.05, 0) is 15.9 Å². The Morgan fingerprint density at radius 2 is 2.08 bits per heavy atom. The van der Waals surface area contributed by atoms with Crippen LogP contribution in [0.3, 0.4) is 0 Å². The summed E-state index contributed by atoms with van der Waals surface area (Å²) in [5.41, 5.74) is -1.46. The molecule has 1 aromatic heterocycles. The van der Waals surface area contributed by atoms with Crippen LogP contribution in [0, 0.1) is 0 Å². The van der Waals surface area contributed by atoms with Gasteiger partial charge in [0.05, 0.1) is 0 Å². The first-order valence-corrected chi connectivity index (χ1v) is 7.61. The van der Waals surface area contributed by atoms with Gasteiger partial charge in [-0.3, -0.25) is 23.9 Å².